The molecule has 0 N–H and O–H groups in total. The van der Waals surface area contributed by atoms with E-state index in [0.717, 1.165) is 24.3 Å². The fraction of sp³-hybridized carbons (Fsp3) is 0.211. The molecule has 1 aromatic heterocycles. The van der Waals surface area contributed by atoms with E-state index in [0.29, 0.717) is 21.4 Å². The fourth-order valence-electron chi connectivity index (χ4n) is 2.35. The van der Waals surface area contributed by atoms with Gasteiger partial charge in [-0.25, -0.2) is 4.39 Å². The molecule has 0 bridgehead atoms. The van der Waals surface area contributed by atoms with Gasteiger partial charge < -0.3 is 4.18 Å². The van der Waals surface area contributed by atoms with Gasteiger partial charge in [-0.05, 0) is 42.5 Å². The third-order valence-electron chi connectivity index (χ3n) is 3.89. The topological polar surface area (TPSA) is 61.2 Å². The van der Waals surface area contributed by atoms with E-state index in [4.69, 9.17) is 27.4 Å². The van der Waals surface area contributed by atoms with Crippen molar-refractivity contribution in [3.05, 3.63) is 70.1 Å². The molecule has 28 heavy (non-hydrogen) atoms. The zero-order valence-corrected chi connectivity index (χ0v) is 17.6. The van der Waals surface area contributed by atoms with E-state index in [1.54, 1.807) is 24.3 Å². The van der Waals surface area contributed by atoms with Crippen molar-refractivity contribution in [1.82, 2.24) is 9.78 Å². The normalized spacial score (nSPS) is 12.2. The molecule has 0 saturated carbocycles. The SMILES string of the molecule is CC(C)(C)c1cc(OS(=O)(=O)c2ccc(F)cc2)n(-c2ccc(Cl)c(Cl)c2)n1. The van der Waals surface area contributed by atoms with E-state index in [2.05, 4.69) is 5.10 Å². The molecule has 0 radical (unpaired) electrons. The standard InChI is InChI=1S/C19H17Cl2FN2O3S/c1-19(2,3)17-11-18(24(23-17)13-6-9-15(20)16(21)10-13)27-28(25,26)14-7-4-12(22)5-8-14/h4-11H,1-3H3. The maximum atomic E-state index is 13.1. The van der Waals surface area contributed by atoms with Gasteiger partial charge in [0.1, 0.15) is 10.7 Å². The van der Waals surface area contributed by atoms with Crippen molar-refractivity contribution in [3.8, 4) is 11.6 Å². The molecule has 0 amide bonds. The summed E-state index contributed by atoms with van der Waals surface area (Å²) in [5.74, 6) is -0.567. The minimum atomic E-state index is -4.20. The zero-order valence-electron chi connectivity index (χ0n) is 15.3. The molecule has 0 fully saturated rings. The van der Waals surface area contributed by atoms with Crippen molar-refractivity contribution in [2.45, 2.75) is 31.1 Å². The molecular formula is C19H17Cl2FN2O3S. The summed E-state index contributed by atoms with van der Waals surface area (Å²) in [6.07, 6.45) is 0. The Morgan fingerprint density at radius 2 is 1.64 bits per heavy atom. The summed E-state index contributed by atoms with van der Waals surface area (Å²) in [5.41, 5.74) is 0.733. The first-order chi connectivity index (χ1) is 13.0. The Hall–Kier alpha value is -2.09. The molecule has 1 heterocycles. The minimum Gasteiger partial charge on any atom is -0.358 e. The van der Waals surface area contributed by atoms with Crippen LogP contribution in [0.15, 0.2) is 53.4 Å². The Balaban J connectivity index is 2.10. The van der Waals surface area contributed by atoms with E-state index < -0.39 is 15.9 Å². The fourth-order valence-corrected chi connectivity index (χ4v) is 3.55. The van der Waals surface area contributed by atoms with Crippen molar-refractivity contribution >= 4 is 33.3 Å². The van der Waals surface area contributed by atoms with Crippen molar-refractivity contribution < 1.29 is 17.0 Å². The number of nitrogens with zero attached hydrogens (tertiary/aromatic N) is 2. The lowest BCUT2D eigenvalue weighted by atomic mass is 9.93. The maximum absolute atomic E-state index is 13.1. The number of rotatable bonds is 4. The molecule has 0 aliphatic carbocycles. The van der Waals surface area contributed by atoms with Gasteiger partial charge in [0.25, 0.3) is 0 Å². The van der Waals surface area contributed by atoms with Crippen LogP contribution in [0.5, 0.6) is 5.88 Å². The highest BCUT2D eigenvalue weighted by atomic mass is 35.5. The minimum absolute atomic E-state index is 0.0207. The van der Waals surface area contributed by atoms with E-state index in [9.17, 15) is 12.8 Å². The van der Waals surface area contributed by atoms with Gasteiger partial charge in [-0.1, -0.05) is 44.0 Å². The van der Waals surface area contributed by atoms with Crippen molar-refractivity contribution in [3.63, 3.8) is 0 Å². The Morgan fingerprint density at radius 3 is 2.21 bits per heavy atom. The van der Waals surface area contributed by atoms with Gasteiger partial charge in [-0.15, -0.1) is 0 Å². The third-order valence-corrected chi connectivity index (χ3v) is 5.87. The lowest BCUT2D eigenvalue weighted by Crippen LogP contribution is -2.13. The van der Waals surface area contributed by atoms with Crippen LogP contribution in [0.3, 0.4) is 0 Å². The van der Waals surface area contributed by atoms with Crippen LogP contribution in [0.4, 0.5) is 4.39 Å². The average molecular weight is 443 g/mol. The number of hydrogen-bond donors (Lipinski definition) is 0. The second-order valence-electron chi connectivity index (χ2n) is 7.12. The molecule has 0 saturated heterocycles. The Bertz CT molecular complexity index is 1120. The predicted octanol–water partition coefficient (Wildman–Crippen LogP) is 5.38. The van der Waals surface area contributed by atoms with Crippen LogP contribution in [0.2, 0.25) is 10.0 Å². The van der Waals surface area contributed by atoms with Gasteiger partial charge in [0.15, 0.2) is 0 Å². The largest absolute Gasteiger partial charge is 0.358 e. The first kappa shape index (κ1) is 20.6. The smallest absolute Gasteiger partial charge is 0.340 e. The van der Waals surface area contributed by atoms with Gasteiger partial charge in [0, 0.05) is 11.5 Å². The lowest BCUT2D eigenvalue weighted by molar-refractivity contribution is 0.464. The molecule has 0 spiro atoms. The molecule has 2 aromatic carbocycles. The van der Waals surface area contributed by atoms with E-state index in [1.807, 2.05) is 20.8 Å². The molecule has 0 atom stereocenters. The Morgan fingerprint density at radius 1 is 1.00 bits per heavy atom. The molecule has 0 unspecified atom stereocenters. The number of hydrogen-bond acceptors (Lipinski definition) is 4. The molecule has 9 heteroatoms. The van der Waals surface area contributed by atoms with Crippen LogP contribution in [-0.4, -0.2) is 18.2 Å². The average Bonchev–Trinajstić information content (AvgIpc) is 3.01. The molecule has 0 aliphatic rings. The molecule has 0 aliphatic heterocycles. The number of benzene rings is 2. The number of halogens is 3. The van der Waals surface area contributed by atoms with Crippen LogP contribution < -0.4 is 4.18 Å². The van der Waals surface area contributed by atoms with Crippen LogP contribution in [0.1, 0.15) is 26.5 Å². The van der Waals surface area contributed by atoms with Gasteiger partial charge in [0.05, 0.1) is 21.4 Å². The van der Waals surface area contributed by atoms with Crippen LogP contribution in [0, 0.1) is 5.82 Å². The predicted molar refractivity (Wildman–Crippen MR) is 106 cm³/mol. The van der Waals surface area contributed by atoms with Crippen molar-refractivity contribution in [2.24, 2.45) is 0 Å². The number of aromatic nitrogens is 2. The zero-order chi connectivity index (χ0) is 20.7. The second-order valence-corrected chi connectivity index (χ2v) is 9.48. The summed E-state index contributed by atoms with van der Waals surface area (Å²) in [7, 11) is -4.20. The highest BCUT2D eigenvalue weighted by Gasteiger charge is 2.25. The summed E-state index contributed by atoms with van der Waals surface area (Å²) in [5, 5.41) is 5.13. The monoisotopic (exact) mass is 442 g/mol. The summed E-state index contributed by atoms with van der Waals surface area (Å²) >= 11 is 12.1. The van der Waals surface area contributed by atoms with Gasteiger partial charge in [-0.2, -0.15) is 18.2 Å². The van der Waals surface area contributed by atoms with Crippen LogP contribution in [0.25, 0.3) is 5.69 Å². The van der Waals surface area contributed by atoms with Gasteiger partial charge >= 0.3 is 10.1 Å². The highest BCUT2D eigenvalue weighted by molar-refractivity contribution is 7.87. The van der Waals surface area contributed by atoms with Crippen molar-refractivity contribution in [2.75, 3.05) is 0 Å². The van der Waals surface area contributed by atoms with Gasteiger partial charge in [-0.3, -0.25) is 0 Å². The van der Waals surface area contributed by atoms with Gasteiger partial charge in [0.2, 0.25) is 5.88 Å². The Labute approximate surface area is 172 Å². The molecule has 148 valence electrons. The molecule has 3 rings (SSSR count). The summed E-state index contributed by atoms with van der Waals surface area (Å²) < 4.78 is 45.1. The molecule has 3 aromatic rings. The van der Waals surface area contributed by atoms with E-state index >= 15 is 0 Å². The van der Waals surface area contributed by atoms with Crippen LogP contribution in [-0.2, 0) is 15.5 Å². The van der Waals surface area contributed by atoms with Crippen LogP contribution >= 0.6 is 23.2 Å². The van der Waals surface area contributed by atoms with E-state index in [-0.39, 0.29) is 16.2 Å². The second kappa shape index (κ2) is 7.39. The van der Waals surface area contributed by atoms with E-state index in [1.165, 1.54) is 4.68 Å². The maximum Gasteiger partial charge on any atom is 0.340 e. The first-order valence-electron chi connectivity index (χ1n) is 8.23. The molecular weight excluding hydrogens is 426 g/mol. The summed E-state index contributed by atoms with van der Waals surface area (Å²) in [6, 6.07) is 10.7. The lowest BCUT2D eigenvalue weighted by Gasteiger charge is -2.14. The highest BCUT2D eigenvalue weighted by Crippen LogP contribution is 2.31. The summed E-state index contributed by atoms with van der Waals surface area (Å²) in [6.45, 7) is 5.81. The summed E-state index contributed by atoms with van der Waals surface area (Å²) in [4.78, 5) is -0.173. The molecule has 5 nitrogen and oxygen atoms in total. The quantitative estimate of drug-likeness (QED) is 0.508. The first-order valence-corrected chi connectivity index (χ1v) is 10.4. The Kier molecular flexibility index (Phi) is 5.44. The van der Waals surface area contributed by atoms with Crippen molar-refractivity contribution in [1.29, 1.82) is 0 Å². The third kappa shape index (κ3) is 4.32.